The molecule has 1 atom stereocenters. The zero-order valence-corrected chi connectivity index (χ0v) is 16.4. The number of carbonyl (C=O) groups is 1. The first-order valence-corrected chi connectivity index (χ1v) is 8.20. The maximum Gasteiger partial charge on any atom is 0.225 e. The Balaban J connectivity index is 0.00000192. The van der Waals surface area contributed by atoms with Crippen LogP contribution in [0.2, 0.25) is 0 Å². The first kappa shape index (κ1) is 18.8. The first-order valence-electron chi connectivity index (χ1n) is 8.20. The monoisotopic (exact) mass is 387 g/mol. The zero-order chi connectivity index (χ0) is 15.6. The third kappa shape index (κ3) is 3.95. The molecule has 0 bridgehead atoms. The van der Waals surface area contributed by atoms with Crippen LogP contribution in [-0.2, 0) is 43.1 Å². The molecule has 0 unspecified atom stereocenters. The summed E-state index contributed by atoms with van der Waals surface area (Å²) < 4.78 is 0. The Hall–Kier alpha value is -0.506. The van der Waals surface area contributed by atoms with Crippen molar-refractivity contribution in [1.82, 2.24) is 4.90 Å². The maximum atomic E-state index is 11.8. The van der Waals surface area contributed by atoms with E-state index in [0.29, 0.717) is 13.0 Å². The quantitative estimate of drug-likeness (QED) is 0.461. The fraction of sp³-hybridized carbons (Fsp3) is 0.474. The molecule has 1 radical (unpaired) electrons. The van der Waals surface area contributed by atoms with Gasteiger partial charge in [-0.15, -0.1) is 0 Å². The second-order valence-corrected chi connectivity index (χ2v) is 6.39. The molecule has 2 fully saturated rings. The van der Waals surface area contributed by atoms with Crippen LogP contribution < -0.4 is 0 Å². The number of hydrogen-bond donors (Lipinski definition) is 1. The van der Waals surface area contributed by atoms with E-state index in [2.05, 4.69) is 31.2 Å². The number of unbranched alkanes of at least 4 members (excludes halogenated alkanes) is 1. The van der Waals surface area contributed by atoms with E-state index in [-0.39, 0.29) is 44.7 Å². The van der Waals surface area contributed by atoms with Crippen molar-refractivity contribution in [3.8, 4) is 0 Å². The van der Waals surface area contributed by atoms with Crippen LogP contribution in [0.5, 0.6) is 0 Å². The number of β-lactam (4-membered cyclic amide) rings is 1. The van der Waals surface area contributed by atoms with Crippen molar-refractivity contribution in [1.29, 1.82) is 0 Å². The van der Waals surface area contributed by atoms with E-state index in [1.54, 1.807) is 0 Å². The molecule has 0 aromatic heterocycles. The normalized spacial score (nSPS) is 22.4. The van der Waals surface area contributed by atoms with Crippen LogP contribution >= 0.6 is 0 Å². The topological polar surface area (TPSA) is 40.5 Å². The zero-order valence-electron chi connectivity index (χ0n) is 13.6. The van der Waals surface area contributed by atoms with Gasteiger partial charge in [-0.25, -0.2) is 0 Å². The van der Waals surface area contributed by atoms with Gasteiger partial charge in [0.2, 0.25) is 5.91 Å². The van der Waals surface area contributed by atoms with Crippen molar-refractivity contribution >= 4 is 5.91 Å². The number of nitrogens with zero attached hydrogens (tertiary/aromatic N) is 1. The third-order valence-corrected chi connectivity index (χ3v) is 4.92. The fourth-order valence-electron chi connectivity index (χ4n) is 3.22. The van der Waals surface area contributed by atoms with Gasteiger partial charge in [-0.1, -0.05) is 42.8 Å². The van der Waals surface area contributed by atoms with Crippen molar-refractivity contribution < 1.29 is 42.6 Å². The molecular weight excluding hydrogens is 363 g/mol. The Bertz CT molecular complexity index is 563. The number of hydrogen-bond acceptors (Lipinski definition) is 2. The van der Waals surface area contributed by atoms with Gasteiger partial charge in [0.1, 0.15) is 0 Å². The van der Waals surface area contributed by atoms with Gasteiger partial charge in [0.05, 0.1) is 18.1 Å². The number of carbonyl (C=O) groups excluding carboxylic acids is 1. The smallest absolute Gasteiger partial charge is 0.225 e. The maximum absolute atomic E-state index is 11.8. The molecule has 2 aliphatic rings. The molecule has 23 heavy (non-hydrogen) atoms. The molecule has 1 N–H and O–H groups in total. The molecular formula is C19H24NO2Y-. The first-order chi connectivity index (χ1) is 10.6. The van der Waals surface area contributed by atoms with E-state index < -0.39 is 5.60 Å². The van der Waals surface area contributed by atoms with Crippen LogP contribution in [0.4, 0.5) is 0 Å². The molecule has 0 spiro atoms. The molecule has 1 aromatic carbocycles. The van der Waals surface area contributed by atoms with E-state index in [0.717, 1.165) is 43.2 Å². The van der Waals surface area contributed by atoms with Crippen LogP contribution in [-0.4, -0.2) is 22.5 Å². The van der Waals surface area contributed by atoms with Gasteiger partial charge in [-0.3, -0.25) is 4.79 Å². The average molecular weight is 387 g/mol. The van der Waals surface area contributed by atoms with Crippen LogP contribution in [0, 0.1) is 6.92 Å². The van der Waals surface area contributed by atoms with Gasteiger partial charge in [0.25, 0.3) is 0 Å². The standard InChI is InChI=1S/C19H24NO2.Y/c1-2-3-4-5-13-20-17(14-18(20)21)15-7-9-16(10-8-15)19(22)11-6-12-19;/h4-5,7-10,17,22H,1-3,6,11-14H2;/q-1;/t17-;/m1./s1. The van der Waals surface area contributed by atoms with Gasteiger partial charge in [-0.05, 0) is 30.4 Å². The summed E-state index contributed by atoms with van der Waals surface area (Å²) in [5.74, 6) is 0.214. The number of amides is 1. The van der Waals surface area contributed by atoms with E-state index in [1.165, 1.54) is 0 Å². The molecule has 121 valence electrons. The number of rotatable bonds is 6. The van der Waals surface area contributed by atoms with E-state index in [4.69, 9.17) is 0 Å². The van der Waals surface area contributed by atoms with Crippen molar-refractivity contribution in [2.75, 3.05) is 6.54 Å². The number of allylic oxidation sites excluding steroid dienone is 1. The Morgan fingerprint density at radius 2 is 1.96 bits per heavy atom. The van der Waals surface area contributed by atoms with Crippen molar-refractivity contribution in [2.45, 2.75) is 50.2 Å². The van der Waals surface area contributed by atoms with Crippen LogP contribution in [0.1, 0.15) is 55.7 Å². The molecule has 1 saturated carbocycles. The molecule has 1 saturated heterocycles. The Labute approximate surface area is 164 Å². The molecule has 1 aliphatic carbocycles. The summed E-state index contributed by atoms with van der Waals surface area (Å²) in [4.78, 5) is 13.7. The van der Waals surface area contributed by atoms with Gasteiger partial charge in [-0.2, -0.15) is 6.42 Å². The number of aliphatic hydroxyl groups is 1. The van der Waals surface area contributed by atoms with E-state index in [9.17, 15) is 9.90 Å². The molecule has 4 heteroatoms. The molecule has 1 heterocycles. The van der Waals surface area contributed by atoms with Crippen molar-refractivity contribution in [2.24, 2.45) is 0 Å². The van der Waals surface area contributed by atoms with Crippen LogP contribution in [0.3, 0.4) is 0 Å². The summed E-state index contributed by atoms with van der Waals surface area (Å²) in [5, 5.41) is 10.4. The van der Waals surface area contributed by atoms with Gasteiger partial charge < -0.3 is 16.9 Å². The largest absolute Gasteiger partial charge is 0.385 e. The number of likely N-dealkylation sites (tertiary alicyclic amines) is 1. The molecule has 3 rings (SSSR count). The van der Waals surface area contributed by atoms with Gasteiger partial charge in [0, 0.05) is 39.3 Å². The molecule has 3 nitrogen and oxygen atoms in total. The summed E-state index contributed by atoms with van der Waals surface area (Å²) in [6, 6.07) is 8.36. The van der Waals surface area contributed by atoms with Gasteiger partial charge >= 0.3 is 0 Å². The molecule has 1 amide bonds. The minimum absolute atomic E-state index is 0. The predicted molar refractivity (Wildman–Crippen MR) is 87.0 cm³/mol. The van der Waals surface area contributed by atoms with Crippen molar-refractivity contribution in [3.05, 3.63) is 54.5 Å². The minimum Gasteiger partial charge on any atom is -0.385 e. The van der Waals surface area contributed by atoms with E-state index in [1.807, 2.05) is 17.0 Å². The summed E-state index contributed by atoms with van der Waals surface area (Å²) in [6.07, 6.45) is 9.40. The summed E-state index contributed by atoms with van der Waals surface area (Å²) in [7, 11) is 0. The van der Waals surface area contributed by atoms with Crippen molar-refractivity contribution in [3.63, 3.8) is 0 Å². The average Bonchev–Trinajstić information content (AvgIpc) is 2.50. The summed E-state index contributed by atoms with van der Waals surface area (Å²) in [6.45, 7) is 4.48. The second-order valence-electron chi connectivity index (χ2n) is 6.39. The third-order valence-electron chi connectivity index (χ3n) is 4.92. The van der Waals surface area contributed by atoms with Gasteiger partial charge in [0.15, 0.2) is 0 Å². The minimum atomic E-state index is -0.607. The van der Waals surface area contributed by atoms with Crippen LogP contribution in [0.25, 0.3) is 0 Å². The molecule has 1 aromatic rings. The molecule has 1 aliphatic heterocycles. The summed E-state index contributed by atoms with van der Waals surface area (Å²) >= 11 is 0. The Morgan fingerprint density at radius 1 is 1.26 bits per heavy atom. The van der Waals surface area contributed by atoms with Crippen LogP contribution in [0.15, 0.2) is 36.4 Å². The Kier molecular flexibility index (Phi) is 6.59. The van der Waals surface area contributed by atoms with E-state index >= 15 is 0 Å². The Morgan fingerprint density at radius 3 is 2.48 bits per heavy atom. The SMILES string of the molecule is [CH2-]CCC=CCN1C(=O)C[C@@H]1c1ccc(C2(O)CCC2)cc1.[Y]. The number of benzene rings is 1. The predicted octanol–water partition coefficient (Wildman–Crippen LogP) is 3.50. The fourth-order valence-corrected chi connectivity index (χ4v) is 3.22. The second kappa shape index (κ2) is 8.05. The summed E-state index contributed by atoms with van der Waals surface area (Å²) in [5.41, 5.74) is 1.57.